The van der Waals surface area contributed by atoms with Crippen molar-refractivity contribution in [2.45, 2.75) is 49.1 Å². The number of aryl methyl sites for hydroxylation is 2. The maximum Gasteiger partial charge on any atom is 0.501 e. The Balaban J connectivity index is 1.91. The first-order chi connectivity index (χ1) is 13.0. The van der Waals surface area contributed by atoms with Crippen LogP contribution < -0.4 is 5.32 Å². The molecule has 0 aliphatic heterocycles. The minimum absolute atomic E-state index is 0.0770. The van der Waals surface area contributed by atoms with Gasteiger partial charge in [0.2, 0.25) is 0 Å². The molecule has 7 nitrogen and oxygen atoms in total. The molecule has 1 aromatic heterocycles. The molecular weight excluding hydrogens is 419 g/mol. The van der Waals surface area contributed by atoms with Gasteiger partial charge in [-0.1, -0.05) is 0 Å². The average molecular weight is 435 g/mol. The number of alkyl halides is 3. The standard InChI is InChI=1S/C16H16F3N3O4S2/c1-9(15-21-12-4-2-3-5-14(12)27-15)20-11-7-6-10(8-13(11)22(23)24)28(25,26)16(17,18)19/h6-9,20H,2-5H2,1H3/t9-/m1/s1. The number of aromatic nitrogens is 1. The third-order valence-corrected chi connectivity index (χ3v) is 7.21. The highest BCUT2D eigenvalue weighted by molar-refractivity contribution is 7.92. The zero-order chi connectivity index (χ0) is 20.7. The summed E-state index contributed by atoms with van der Waals surface area (Å²) < 4.78 is 61.2. The summed E-state index contributed by atoms with van der Waals surface area (Å²) in [5.41, 5.74) is -5.35. The van der Waals surface area contributed by atoms with Crippen LogP contribution in [0.2, 0.25) is 0 Å². The summed E-state index contributed by atoms with van der Waals surface area (Å²) in [4.78, 5) is 14.9. The normalized spacial score (nSPS) is 15.7. The fourth-order valence-corrected chi connectivity index (χ4v) is 4.87. The Morgan fingerprint density at radius 3 is 2.57 bits per heavy atom. The van der Waals surface area contributed by atoms with E-state index in [4.69, 9.17) is 0 Å². The van der Waals surface area contributed by atoms with Crippen LogP contribution in [0.5, 0.6) is 0 Å². The lowest BCUT2D eigenvalue weighted by Crippen LogP contribution is -2.23. The fraction of sp³-hybridized carbons (Fsp3) is 0.438. The van der Waals surface area contributed by atoms with E-state index in [2.05, 4.69) is 10.3 Å². The van der Waals surface area contributed by atoms with E-state index in [9.17, 15) is 31.7 Å². The third-order valence-electron chi connectivity index (χ3n) is 4.39. The molecule has 152 valence electrons. The average Bonchev–Trinajstić information content (AvgIpc) is 3.05. The molecule has 0 radical (unpaired) electrons. The van der Waals surface area contributed by atoms with Crippen molar-refractivity contribution in [3.05, 3.63) is 43.9 Å². The van der Waals surface area contributed by atoms with Crippen LogP contribution >= 0.6 is 11.3 Å². The molecule has 1 heterocycles. The van der Waals surface area contributed by atoms with Gasteiger partial charge < -0.3 is 5.32 Å². The minimum atomic E-state index is -5.67. The second-order valence-electron chi connectivity index (χ2n) is 6.38. The van der Waals surface area contributed by atoms with Crippen molar-refractivity contribution in [3.63, 3.8) is 0 Å². The van der Waals surface area contributed by atoms with Gasteiger partial charge in [0.1, 0.15) is 10.7 Å². The smallest absolute Gasteiger partial charge is 0.371 e. The summed E-state index contributed by atoms with van der Waals surface area (Å²) in [6, 6.07) is 1.67. The van der Waals surface area contributed by atoms with Crippen molar-refractivity contribution in [2.75, 3.05) is 5.32 Å². The molecule has 1 aliphatic rings. The van der Waals surface area contributed by atoms with Crippen LogP contribution in [0.3, 0.4) is 0 Å². The largest absolute Gasteiger partial charge is 0.501 e. The molecule has 0 unspecified atom stereocenters. The van der Waals surface area contributed by atoms with Gasteiger partial charge in [0.15, 0.2) is 0 Å². The Bertz CT molecular complexity index is 995. The SMILES string of the molecule is C[C@@H](Nc1ccc(S(=O)(=O)C(F)(F)F)cc1[N+](=O)[O-])c1nc2c(s1)CCCC2. The van der Waals surface area contributed by atoms with Gasteiger partial charge in [-0.2, -0.15) is 13.2 Å². The monoisotopic (exact) mass is 435 g/mol. The van der Waals surface area contributed by atoms with E-state index in [1.165, 1.54) is 16.2 Å². The molecule has 0 bridgehead atoms. The van der Waals surface area contributed by atoms with Crippen LogP contribution in [0.15, 0.2) is 23.1 Å². The summed E-state index contributed by atoms with van der Waals surface area (Å²) in [5, 5.41) is 14.9. The second-order valence-corrected chi connectivity index (χ2v) is 9.44. The van der Waals surface area contributed by atoms with Crippen LogP contribution in [-0.4, -0.2) is 23.8 Å². The number of halogens is 3. The van der Waals surface area contributed by atoms with Crippen molar-refractivity contribution in [1.82, 2.24) is 4.98 Å². The van der Waals surface area contributed by atoms with Gasteiger partial charge in [0, 0.05) is 10.9 Å². The molecule has 0 saturated heterocycles. The Morgan fingerprint density at radius 1 is 1.29 bits per heavy atom. The Hall–Kier alpha value is -2.21. The number of rotatable bonds is 5. The van der Waals surface area contributed by atoms with Crippen LogP contribution in [0.25, 0.3) is 0 Å². The Morgan fingerprint density at radius 2 is 1.96 bits per heavy atom. The van der Waals surface area contributed by atoms with Crippen molar-refractivity contribution >= 4 is 32.5 Å². The number of fused-ring (bicyclic) bond motifs is 1. The zero-order valence-electron chi connectivity index (χ0n) is 14.6. The highest BCUT2D eigenvalue weighted by Gasteiger charge is 2.47. The molecule has 3 rings (SSSR count). The number of nitrogens with one attached hydrogen (secondary N) is 1. The maximum absolute atomic E-state index is 12.7. The van der Waals surface area contributed by atoms with E-state index in [-0.39, 0.29) is 5.69 Å². The Kier molecular flexibility index (Phi) is 5.36. The van der Waals surface area contributed by atoms with Gasteiger partial charge in [-0.25, -0.2) is 13.4 Å². The number of nitro benzene ring substituents is 1. The van der Waals surface area contributed by atoms with Gasteiger partial charge in [-0.15, -0.1) is 11.3 Å². The van der Waals surface area contributed by atoms with Crippen LogP contribution in [-0.2, 0) is 22.7 Å². The lowest BCUT2D eigenvalue weighted by atomic mass is 10.0. The van der Waals surface area contributed by atoms with E-state index in [1.807, 2.05) is 0 Å². The van der Waals surface area contributed by atoms with Gasteiger partial charge in [0.25, 0.3) is 15.5 Å². The predicted octanol–water partition coefficient (Wildman–Crippen LogP) is 4.40. The third kappa shape index (κ3) is 3.83. The predicted molar refractivity (Wildman–Crippen MR) is 97.1 cm³/mol. The first-order valence-corrected chi connectivity index (χ1v) is 10.7. The van der Waals surface area contributed by atoms with E-state index in [1.54, 1.807) is 6.92 Å². The fourth-order valence-electron chi connectivity index (χ4n) is 2.94. The van der Waals surface area contributed by atoms with E-state index in [0.29, 0.717) is 17.1 Å². The highest BCUT2D eigenvalue weighted by atomic mass is 32.2. The van der Waals surface area contributed by atoms with E-state index >= 15 is 0 Å². The zero-order valence-corrected chi connectivity index (χ0v) is 16.2. The van der Waals surface area contributed by atoms with E-state index in [0.717, 1.165) is 37.4 Å². The number of anilines is 1. The summed E-state index contributed by atoms with van der Waals surface area (Å²) in [7, 11) is -5.67. The quantitative estimate of drug-likeness (QED) is 0.552. The molecule has 0 amide bonds. The highest BCUT2D eigenvalue weighted by Crippen LogP contribution is 2.37. The molecule has 1 aliphatic carbocycles. The van der Waals surface area contributed by atoms with Crippen molar-refractivity contribution in [1.29, 1.82) is 0 Å². The van der Waals surface area contributed by atoms with Gasteiger partial charge in [-0.3, -0.25) is 10.1 Å². The van der Waals surface area contributed by atoms with Gasteiger partial charge in [-0.05, 0) is 44.7 Å². The summed E-state index contributed by atoms with van der Waals surface area (Å²) in [6.07, 6.45) is 3.95. The molecule has 0 saturated carbocycles. The molecule has 1 aromatic carbocycles. The minimum Gasteiger partial charge on any atom is -0.371 e. The number of thiazole rings is 1. The van der Waals surface area contributed by atoms with Crippen molar-refractivity contribution < 1.29 is 26.5 Å². The number of benzene rings is 1. The number of hydrogen-bond acceptors (Lipinski definition) is 7. The molecule has 28 heavy (non-hydrogen) atoms. The van der Waals surface area contributed by atoms with Crippen LogP contribution in [0.4, 0.5) is 24.5 Å². The van der Waals surface area contributed by atoms with Crippen molar-refractivity contribution in [2.24, 2.45) is 0 Å². The lowest BCUT2D eigenvalue weighted by molar-refractivity contribution is -0.384. The van der Waals surface area contributed by atoms with Crippen molar-refractivity contribution in [3.8, 4) is 0 Å². The van der Waals surface area contributed by atoms with E-state index < -0.39 is 36.9 Å². The molecule has 2 aromatic rings. The summed E-state index contributed by atoms with van der Waals surface area (Å²) in [6.45, 7) is 1.73. The lowest BCUT2D eigenvalue weighted by Gasteiger charge is -2.14. The van der Waals surface area contributed by atoms with Gasteiger partial charge in [0.05, 0.1) is 21.6 Å². The van der Waals surface area contributed by atoms with Gasteiger partial charge >= 0.3 is 5.51 Å². The molecule has 1 atom stereocenters. The second kappa shape index (κ2) is 7.32. The molecule has 0 spiro atoms. The topological polar surface area (TPSA) is 102 Å². The number of sulfone groups is 1. The first kappa shape index (κ1) is 20.5. The summed E-state index contributed by atoms with van der Waals surface area (Å²) >= 11 is 1.50. The first-order valence-electron chi connectivity index (χ1n) is 8.35. The molecule has 0 fully saturated rings. The summed E-state index contributed by atoms with van der Waals surface area (Å²) in [5.74, 6) is 0. The number of nitro groups is 1. The van der Waals surface area contributed by atoms with Crippen LogP contribution in [0, 0.1) is 10.1 Å². The van der Waals surface area contributed by atoms with Crippen LogP contribution in [0.1, 0.15) is 41.4 Å². The molecule has 12 heteroatoms. The molecular formula is C16H16F3N3O4S2. The maximum atomic E-state index is 12.7. The Labute approximate surface area is 162 Å². The molecule has 1 N–H and O–H groups in total. The number of hydrogen-bond donors (Lipinski definition) is 1. The number of nitrogens with zero attached hydrogens (tertiary/aromatic N) is 2.